The minimum Gasteiger partial charge on any atom is -0.384 e. The van der Waals surface area contributed by atoms with Crippen molar-refractivity contribution in [3.05, 3.63) is 69.5 Å². The first kappa shape index (κ1) is 12.4. The summed E-state index contributed by atoms with van der Waals surface area (Å²) in [4.78, 5) is 0. The van der Waals surface area contributed by atoms with Crippen molar-refractivity contribution in [1.82, 2.24) is 0 Å². The van der Waals surface area contributed by atoms with Crippen LogP contribution in [0.25, 0.3) is 0 Å². The second-order valence-corrected chi connectivity index (χ2v) is 4.46. The van der Waals surface area contributed by atoms with E-state index in [4.69, 9.17) is 23.2 Å². The van der Waals surface area contributed by atoms with Crippen LogP contribution in [0.5, 0.6) is 0 Å². The summed E-state index contributed by atoms with van der Waals surface area (Å²) in [5, 5.41) is 11.0. The topological polar surface area (TPSA) is 20.2 Å². The fraction of sp³-hybridized carbons (Fsp3) is 0.0769. The molecule has 0 aromatic heterocycles. The van der Waals surface area contributed by atoms with E-state index in [1.807, 2.05) is 0 Å². The predicted molar refractivity (Wildman–Crippen MR) is 66.9 cm³/mol. The maximum Gasteiger partial charge on any atom is 0.123 e. The highest BCUT2D eigenvalue weighted by Crippen LogP contribution is 2.30. The molecule has 0 saturated carbocycles. The van der Waals surface area contributed by atoms with Gasteiger partial charge in [0.15, 0.2) is 0 Å². The average Bonchev–Trinajstić information content (AvgIpc) is 2.32. The monoisotopic (exact) mass is 270 g/mol. The third-order valence-electron chi connectivity index (χ3n) is 2.44. The van der Waals surface area contributed by atoms with Gasteiger partial charge in [-0.2, -0.15) is 0 Å². The van der Waals surface area contributed by atoms with Crippen LogP contribution in [0.15, 0.2) is 42.5 Å². The Morgan fingerprint density at radius 3 is 2.29 bits per heavy atom. The first-order valence-corrected chi connectivity index (χ1v) is 5.72. The van der Waals surface area contributed by atoms with Gasteiger partial charge >= 0.3 is 0 Å². The molecular weight excluding hydrogens is 262 g/mol. The van der Waals surface area contributed by atoms with Gasteiger partial charge in [0.1, 0.15) is 11.9 Å². The molecule has 88 valence electrons. The number of aliphatic hydroxyl groups excluding tert-OH is 1. The first-order chi connectivity index (χ1) is 8.08. The smallest absolute Gasteiger partial charge is 0.123 e. The lowest BCUT2D eigenvalue weighted by atomic mass is 10.0. The van der Waals surface area contributed by atoms with E-state index in [0.29, 0.717) is 21.2 Å². The van der Waals surface area contributed by atoms with E-state index in [1.54, 1.807) is 18.2 Å². The molecule has 0 amide bonds. The van der Waals surface area contributed by atoms with Crippen molar-refractivity contribution in [2.75, 3.05) is 0 Å². The van der Waals surface area contributed by atoms with Crippen LogP contribution in [-0.4, -0.2) is 5.11 Å². The molecule has 0 aliphatic carbocycles. The maximum absolute atomic E-state index is 12.8. The lowest BCUT2D eigenvalue weighted by Crippen LogP contribution is -2.00. The highest BCUT2D eigenvalue weighted by molar-refractivity contribution is 6.33. The van der Waals surface area contributed by atoms with Crippen molar-refractivity contribution in [2.45, 2.75) is 6.10 Å². The maximum atomic E-state index is 12.8. The van der Waals surface area contributed by atoms with Crippen molar-refractivity contribution in [3.8, 4) is 0 Å². The molecule has 2 aromatic carbocycles. The molecule has 0 aliphatic heterocycles. The van der Waals surface area contributed by atoms with Gasteiger partial charge in [0.05, 0.1) is 0 Å². The Morgan fingerprint density at radius 1 is 1.00 bits per heavy atom. The molecule has 0 heterocycles. The Morgan fingerprint density at radius 2 is 1.65 bits per heavy atom. The molecule has 0 saturated heterocycles. The molecule has 0 spiro atoms. The van der Waals surface area contributed by atoms with Crippen molar-refractivity contribution < 1.29 is 9.50 Å². The van der Waals surface area contributed by atoms with Crippen LogP contribution in [0.1, 0.15) is 17.2 Å². The largest absolute Gasteiger partial charge is 0.384 e. The van der Waals surface area contributed by atoms with Gasteiger partial charge in [-0.15, -0.1) is 0 Å². The minimum atomic E-state index is -0.915. The molecule has 1 N–H and O–H groups in total. The summed E-state index contributed by atoms with van der Waals surface area (Å²) in [6.45, 7) is 0. The van der Waals surface area contributed by atoms with Crippen LogP contribution >= 0.6 is 23.2 Å². The third kappa shape index (κ3) is 2.78. The van der Waals surface area contributed by atoms with Gasteiger partial charge in [0.2, 0.25) is 0 Å². The average molecular weight is 271 g/mol. The van der Waals surface area contributed by atoms with Crippen molar-refractivity contribution >= 4 is 23.2 Å². The van der Waals surface area contributed by atoms with Crippen LogP contribution in [0.2, 0.25) is 10.0 Å². The summed E-state index contributed by atoms with van der Waals surface area (Å²) in [5.74, 6) is -0.349. The van der Waals surface area contributed by atoms with E-state index in [1.165, 1.54) is 24.3 Å². The van der Waals surface area contributed by atoms with Gasteiger partial charge in [-0.3, -0.25) is 0 Å². The predicted octanol–water partition coefficient (Wildman–Crippen LogP) is 4.21. The van der Waals surface area contributed by atoms with Gasteiger partial charge in [0.25, 0.3) is 0 Å². The SMILES string of the molecule is OC(c1ccc(F)cc1)c1cc(Cl)ccc1Cl. The number of hydrogen-bond donors (Lipinski definition) is 1. The lowest BCUT2D eigenvalue weighted by Gasteiger charge is -2.13. The molecule has 2 rings (SSSR count). The van der Waals surface area contributed by atoms with E-state index < -0.39 is 6.10 Å². The van der Waals surface area contributed by atoms with Crippen molar-refractivity contribution in [1.29, 1.82) is 0 Å². The van der Waals surface area contributed by atoms with Crippen molar-refractivity contribution in [3.63, 3.8) is 0 Å². The molecule has 1 unspecified atom stereocenters. The zero-order chi connectivity index (χ0) is 12.4. The Bertz CT molecular complexity index is 525. The summed E-state index contributed by atoms with van der Waals surface area (Å²) >= 11 is 11.8. The number of hydrogen-bond acceptors (Lipinski definition) is 1. The lowest BCUT2D eigenvalue weighted by molar-refractivity contribution is 0.220. The molecule has 0 radical (unpaired) electrons. The van der Waals surface area contributed by atoms with Gasteiger partial charge in [0, 0.05) is 15.6 Å². The zero-order valence-corrected chi connectivity index (χ0v) is 10.2. The van der Waals surface area contributed by atoms with Gasteiger partial charge in [-0.05, 0) is 35.9 Å². The standard InChI is InChI=1S/C13H9Cl2FO/c14-9-3-6-12(15)11(7-9)13(17)8-1-4-10(16)5-2-8/h1-7,13,17H. The van der Waals surface area contributed by atoms with Gasteiger partial charge < -0.3 is 5.11 Å². The van der Waals surface area contributed by atoms with E-state index in [9.17, 15) is 9.50 Å². The van der Waals surface area contributed by atoms with Crippen LogP contribution in [0.3, 0.4) is 0 Å². The molecule has 1 nitrogen and oxygen atoms in total. The van der Waals surface area contributed by atoms with Crippen molar-refractivity contribution in [2.24, 2.45) is 0 Å². The number of benzene rings is 2. The Hall–Kier alpha value is -1.09. The highest BCUT2D eigenvalue weighted by atomic mass is 35.5. The summed E-state index contributed by atoms with van der Waals surface area (Å²) < 4.78 is 12.8. The summed E-state index contributed by atoms with van der Waals surface area (Å²) in [6, 6.07) is 10.5. The molecule has 4 heteroatoms. The number of aliphatic hydroxyl groups is 1. The molecule has 2 aromatic rings. The minimum absolute atomic E-state index is 0.349. The van der Waals surface area contributed by atoms with E-state index in [0.717, 1.165) is 0 Å². The van der Waals surface area contributed by atoms with E-state index in [2.05, 4.69) is 0 Å². The summed E-state index contributed by atoms with van der Waals surface area (Å²) in [6.07, 6.45) is -0.915. The number of halogens is 3. The molecule has 1 atom stereocenters. The Kier molecular flexibility index (Phi) is 3.67. The van der Waals surface area contributed by atoms with Crippen LogP contribution in [0, 0.1) is 5.82 Å². The van der Waals surface area contributed by atoms with E-state index >= 15 is 0 Å². The molecule has 0 aliphatic rings. The van der Waals surface area contributed by atoms with Crippen LogP contribution < -0.4 is 0 Å². The zero-order valence-electron chi connectivity index (χ0n) is 8.70. The second-order valence-electron chi connectivity index (χ2n) is 3.62. The fourth-order valence-electron chi connectivity index (χ4n) is 1.55. The van der Waals surface area contributed by atoms with Crippen LogP contribution in [0.4, 0.5) is 4.39 Å². The summed E-state index contributed by atoms with van der Waals surface area (Å²) in [7, 11) is 0. The molecule has 0 bridgehead atoms. The van der Waals surface area contributed by atoms with Gasteiger partial charge in [-0.25, -0.2) is 4.39 Å². The quantitative estimate of drug-likeness (QED) is 0.867. The van der Waals surface area contributed by atoms with Gasteiger partial charge in [-0.1, -0.05) is 35.3 Å². The molecular formula is C13H9Cl2FO. The van der Waals surface area contributed by atoms with Crippen LogP contribution in [-0.2, 0) is 0 Å². The van der Waals surface area contributed by atoms with E-state index in [-0.39, 0.29) is 5.82 Å². The first-order valence-electron chi connectivity index (χ1n) is 4.96. The normalized spacial score (nSPS) is 12.5. The highest BCUT2D eigenvalue weighted by Gasteiger charge is 2.14. The molecule has 0 fully saturated rings. The fourth-order valence-corrected chi connectivity index (χ4v) is 1.95. The Labute approximate surface area is 108 Å². The third-order valence-corrected chi connectivity index (χ3v) is 3.02. The molecule has 17 heavy (non-hydrogen) atoms. The second kappa shape index (κ2) is 5.05. The Balaban J connectivity index is 2.39. The number of rotatable bonds is 2. The summed E-state index contributed by atoms with van der Waals surface area (Å²) in [5.41, 5.74) is 1.07.